The Hall–Kier alpha value is -1.45. The second kappa shape index (κ2) is 9.16. The summed E-state index contributed by atoms with van der Waals surface area (Å²) in [5.41, 5.74) is 0.295. The van der Waals surface area contributed by atoms with E-state index in [9.17, 15) is 21.6 Å². The molecule has 0 spiro atoms. The van der Waals surface area contributed by atoms with Crippen molar-refractivity contribution < 1.29 is 21.6 Å². The first kappa shape index (κ1) is 21.8. The SMILES string of the molecule is CCS(=O)(=O)CCNC(=O)c1ccc(S(=O)(=O)N(C)C2CCCCC2)cc1. The van der Waals surface area contributed by atoms with Crippen LogP contribution in [0.1, 0.15) is 49.4 Å². The third kappa shape index (κ3) is 5.76. The molecule has 1 N–H and O–H groups in total. The first-order valence-corrected chi connectivity index (χ1v) is 12.5. The van der Waals surface area contributed by atoms with E-state index in [0.717, 1.165) is 32.1 Å². The molecule has 1 fully saturated rings. The molecule has 0 aliphatic heterocycles. The summed E-state index contributed by atoms with van der Waals surface area (Å²) in [5, 5.41) is 2.54. The number of carbonyl (C=O) groups excluding carboxylic acids is 1. The molecular weight excluding hydrogens is 388 g/mol. The molecule has 152 valence electrons. The zero-order valence-corrected chi connectivity index (χ0v) is 17.5. The second-order valence-electron chi connectivity index (χ2n) is 6.83. The van der Waals surface area contributed by atoms with Crippen LogP contribution >= 0.6 is 0 Å². The van der Waals surface area contributed by atoms with Crippen molar-refractivity contribution in [2.45, 2.75) is 50.0 Å². The van der Waals surface area contributed by atoms with Crippen LogP contribution in [-0.2, 0) is 19.9 Å². The topological polar surface area (TPSA) is 101 Å². The number of rotatable bonds is 8. The van der Waals surface area contributed by atoms with Gasteiger partial charge in [0.05, 0.1) is 10.6 Å². The molecule has 0 radical (unpaired) electrons. The standard InChI is InChI=1S/C18H28N2O5S2/c1-3-26(22,23)14-13-19-18(21)15-9-11-17(12-10-15)27(24,25)20(2)16-7-5-4-6-8-16/h9-12,16H,3-8,13-14H2,1-2H3,(H,19,21). The van der Waals surface area contributed by atoms with Crippen molar-refractivity contribution in [1.29, 1.82) is 0 Å². The van der Waals surface area contributed by atoms with Crippen LogP contribution < -0.4 is 5.32 Å². The fraction of sp³-hybridized carbons (Fsp3) is 0.611. The van der Waals surface area contributed by atoms with E-state index >= 15 is 0 Å². The van der Waals surface area contributed by atoms with Crippen LogP contribution in [0.2, 0.25) is 0 Å². The lowest BCUT2D eigenvalue weighted by atomic mass is 9.96. The van der Waals surface area contributed by atoms with Crippen LogP contribution in [0.5, 0.6) is 0 Å². The first-order chi connectivity index (χ1) is 12.7. The minimum absolute atomic E-state index is 0.0206. The number of carbonyl (C=O) groups is 1. The van der Waals surface area contributed by atoms with E-state index in [2.05, 4.69) is 5.32 Å². The van der Waals surface area contributed by atoms with Gasteiger partial charge in [0.25, 0.3) is 5.91 Å². The maximum atomic E-state index is 12.8. The van der Waals surface area contributed by atoms with Gasteiger partial charge in [-0.25, -0.2) is 16.8 Å². The van der Waals surface area contributed by atoms with E-state index in [-0.39, 0.29) is 29.0 Å². The van der Waals surface area contributed by atoms with Crippen LogP contribution in [0, 0.1) is 0 Å². The average Bonchev–Trinajstić information content (AvgIpc) is 2.68. The Morgan fingerprint density at radius 3 is 2.22 bits per heavy atom. The zero-order chi connectivity index (χ0) is 20.1. The summed E-state index contributed by atoms with van der Waals surface area (Å²) in [6.07, 6.45) is 4.97. The maximum absolute atomic E-state index is 12.8. The highest BCUT2D eigenvalue weighted by atomic mass is 32.2. The van der Waals surface area contributed by atoms with E-state index in [1.165, 1.54) is 28.6 Å². The van der Waals surface area contributed by atoms with Gasteiger partial charge in [-0.2, -0.15) is 4.31 Å². The molecular formula is C18H28N2O5S2. The van der Waals surface area contributed by atoms with Crippen LogP contribution in [0.3, 0.4) is 0 Å². The Morgan fingerprint density at radius 1 is 1.07 bits per heavy atom. The van der Waals surface area contributed by atoms with Crippen molar-refractivity contribution >= 4 is 25.8 Å². The van der Waals surface area contributed by atoms with Gasteiger partial charge < -0.3 is 5.32 Å². The lowest BCUT2D eigenvalue weighted by Crippen LogP contribution is -2.38. The average molecular weight is 417 g/mol. The lowest BCUT2D eigenvalue weighted by molar-refractivity contribution is 0.0956. The molecule has 0 atom stereocenters. The predicted molar refractivity (Wildman–Crippen MR) is 105 cm³/mol. The van der Waals surface area contributed by atoms with Crippen LogP contribution in [0.25, 0.3) is 0 Å². The molecule has 2 rings (SSSR count). The summed E-state index contributed by atoms with van der Waals surface area (Å²) in [4.78, 5) is 12.2. The molecule has 0 bridgehead atoms. The molecule has 1 aromatic carbocycles. The quantitative estimate of drug-likeness (QED) is 0.696. The highest BCUT2D eigenvalue weighted by molar-refractivity contribution is 7.91. The van der Waals surface area contributed by atoms with E-state index in [0.29, 0.717) is 5.56 Å². The minimum Gasteiger partial charge on any atom is -0.351 e. The number of hydrogen-bond donors (Lipinski definition) is 1. The van der Waals surface area contributed by atoms with Gasteiger partial charge in [-0.3, -0.25) is 4.79 Å². The molecule has 9 heteroatoms. The van der Waals surface area contributed by atoms with Crippen molar-refractivity contribution in [2.24, 2.45) is 0 Å². The fourth-order valence-electron chi connectivity index (χ4n) is 3.15. The summed E-state index contributed by atoms with van der Waals surface area (Å²) in [6, 6.07) is 5.77. The van der Waals surface area contributed by atoms with Crippen molar-refractivity contribution in [3.63, 3.8) is 0 Å². The Balaban J connectivity index is 2.01. The Kier molecular flexibility index (Phi) is 7.41. The smallest absolute Gasteiger partial charge is 0.251 e. The predicted octanol–water partition coefficient (Wildman–Crippen LogP) is 1.80. The van der Waals surface area contributed by atoms with Gasteiger partial charge >= 0.3 is 0 Å². The van der Waals surface area contributed by atoms with Gasteiger partial charge in [0.2, 0.25) is 10.0 Å². The zero-order valence-electron chi connectivity index (χ0n) is 15.8. The van der Waals surface area contributed by atoms with Crippen molar-refractivity contribution in [2.75, 3.05) is 25.1 Å². The molecule has 1 saturated carbocycles. The van der Waals surface area contributed by atoms with E-state index < -0.39 is 25.8 Å². The Morgan fingerprint density at radius 2 is 1.67 bits per heavy atom. The summed E-state index contributed by atoms with van der Waals surface area (Å²) in [7, 11) is -5.13. The number of nitrogens with one attached hydrogen (secondary N) is 1. The minimum atomic E-state index is -3.60. The van der Waals surface area contributed by atoms with Gasteiger partial charge in [0.1, 0.15) is 0 Å². The molecule has 0 saturated heterocycles. The number of hydrogen-bond acceptors (Lipinski definition) is 5. The summed E-state index contributed by atoms with van der Waals surface area (Å²) in [6.45, 7) is 1.58. The molecule has 0 heterocycles. The third-order valence-corrected chi connectivity index (χ3v) is 8.65. The molecule has 0 aromatic heterocycles. The Labute approximate surface area is 162 Å². The van der Waals surface area contributed by atoms with Crippen LogP contribution in [0.15, 0.2) is 29.2 Å². The second-order valence-corrected chi connectivity index (χ2v) is 11.3. The number of benzene rings is 1. The van der Waals surface area contributed by atoms with E-state index in [4.69, 9.17) is 0 Å². The van der Waals surface area contributed by atoms with Crippen molar-refractivity contribution in [3.8, 4) is 0 Å². The molecule has 7 nitrogen and oxygen atoms in total. The van der Waals surface area contributed by atoms with Crippen molar-refractivity contribution in [3.05, 3.63) is 29.8 Å². The molecule has 0 unspecified atom stereocenters. The third-order valence-electron chi connectivity index (χ3n) is 5.02. The van der Waals surface area contributed by atoms with E-state index in [1.807, 2.05) is 0 Å². The summed E-state index contributed by atoms with van der Waals surface area (Å²) in [5.74, 6) is -0.511. The molecule has 1 amide bonds. The monoisotopic (exact) mass is 416 g/mol. The van der Waals surface area contributed by atoms with Gasteiger partial charge in [-0.05, 0) is 37.1 Å². The van der Waals surface area contributed by atoms with Crippen LogP contribution in [0.4, 0.5) is 0 Å². The molecule has 27 heavy (non-hydrogen) atoms. The summed E-state index contributed by atoms with van der Waals surface area (Å²) < 4.78 is 49.9. The number of sulfone groups is 1. The number of nitrogens with zero attached hydrogens (tertiary/aromatic N) is 1. The van der Waals surface area contributed by atoms with Crippen LogP contribution in [-0.4, -0.2) is 58.2 Å². The first-order valence-electron chi connectivity index (χ1n) is 9.24. The normalized spacial score (nSPS) is 16.4. The number of sulfonamides is 1. The maximum Gasteiger partial charge on any atom is 0.251 e. The van der Waals surface area contributed by atoms with Gasteiger partial charge in [0, 0.05) is 31.0 Å². The van der Waals surface area contributed by atoms with Gasteiger partial charge in [-0.15, -0.1) is 0 Å². The highest BCUT2D eigenvalue weighted by Crippen LogP contribution is 2.26. The molecule has 1 aromatic rings. The Bertz CT molecular complexity index is 842. The summed E-state index contributed by atoms with van der Waals surface area (Å²) >= 11 is 0. The van der Waals surface area contributed by atoms with E-state index in [1.54, 1.807) is 14.0 Å². The highest BCUT2D eigenvalue weighted by Gasteiger charge is 2.29. The largest absolute Gasteiger partial charge is 0.351 e. The fourth-order valence-corrected chi connectivity index (χ4v) is 5.27. The van der Waals surface area contributed by atoms with Gasteiger partial charge in [-0.1, -0.05) is 26.2 Å². The molecule has 1 aliphatic carbocycles. The lowest BCUT2D eigenvalue weighted by Gasteiger charge is -2.30. The van der Waals surface area contributed by atoms with Crippen molar-refractivity contribution in [1.82, 2.24) is 9.62 Å². The molecule has 1 aliphatic rings. The van der Waals surface area contributed by atoms with Gasteiger partial charge in [0.15, 0.2) is 9.84 Å². The number of amides is 1.